The van der Waals surface area contributed by atoms with Crippen molar-refractivity contribution >= 4 is 17.4 Å². The lowest BCUT2D eigenvalue weighted by Crippen LogP contribution is -2.33. The summed E-state index contributed by atoms with van der Waals surface area (Å²) in [4.78, 5) is 27.4. The number of aryl methyl sites for hydroxylation is 3. The average molecular weight is 408 g/mol. The minimum atomic E-state index is -0.665. The van der Waals surface area contributed by atoms with Gasteiger partial charge in [0.05, 0.1) is 24.3 Å². The quantitative estimate of drug-likeness (QED) is 0.436. The molecule has 1 amide bonds. The first-order chi connectivity index (χ1) is 14.2. The number of rotatable bonds is 6. The molecule has 0 radical (unpaired) electrons. The van der Waals surface area contributed by atoms with Gasteiger partial charge in [0, 0.05) is 12.1 Å². The van der Waals surface area contributed by atoms with Crippen LogP contribution >= 0.6 is 0 Å². The summed E-state index contributed by atoms with van der Waals surface area (Å²) in [6.45, 7) is 10.3. The highest BCUT2D eigenvalue weighted by Crippen LogP contribution is 2.39. The predicted octanol–water partition coefficient (Wildman–Crippen LogP) is 4.46. The summed E-state index contributed by atoms with van der Waals surface area (Å²) in [5, 5.41) is 11.1. The molecule has 2 aromatic rings. The molecule has 1 heterocycles. The van der Waals surface area contributed by atoms with Crippen molar-refractivity contribution in [3.63, 3.8) is 0 Å². The lowest BCUT2D eigenvalue weighted by molar-refractivity contribution is -0.140. The third-order valence-corrected chi connectivity index (χ3v) is 5.46. The Morgan fingerprint density at radius 1 is 1.07 bits per heavy atom. The zero-order valence-corrected chi connectivity index (χ0v) is 18.2. The van der Waals surface area contributed by atoms with Crippen LogP contribution < -0.4 is 0 Å². The molecule has 5 nitrogen and oxygen atoms in total. The summed E-state index contributed by atoms with van der Waals surface area (Å²) in [6, 6.07) is 12.6. The summed E-state index contributed by atoms with van der Waals surface area (Å²) in [5.74, 6) is -1.42. The van der Waals surface area contributed by atoms with Crippen LogP contribution in [0.15, 0.2) is 48.0 Å². The van der Waals surface area contributed by atoms with Crippen LogP contribution in [-0.4, -0.2) is 41.0 Å². The molecule has 0 saturated carbocycles. The van der Waals surface area contributed by atoms with E-state index >= 15 is 0 Å². The first kappa shape index (κ1) is 21.8. The molecule has 0 aromatic heterocycles. The molecule has 0 bridgehead atoms. The van der Waals surface area contributed by atoms with Gasteiger partial charge in [-0.1, -0.05) is 42.0 Å². The number of Topliss-reactive ketones (excluding diaryl/α,β-unsaturated/α-hetero) is 1. The summed E-state index contributed by atoms with van der Waals surface area (Å²) >= 11 is 0. The van der Waals surface area contributed by atoms with Gasteiger partial charge in [-0.3, -0.25) is 9.59 Å². The smallest absolute Gasteiger partial charge is 0.295 e. The highest BCUT2D eigenvalue weighted by molar-refractivity contribution is 6.46. The van der Waals surface area contributed by atoms with E-state index in [0.717, 1.165) is 22.3 Å². The van der Waals surface area contributed by atoms with Gasteiger partial charge in [0.1, 0.15) is 5.76 Å². The molecular formula is C25H29NO4. The molecule has 1 aliphatic heterocycles. The standard InChI is InChI=1S/C25H29NO4/c1-15(2)30-12-11-26-22(19-8-6-7-16(3)13-19)21(24(28)25(26)29)23(27)20-10-9-17(4)18(5)14-20/h6-10,13-15,22,27H,11-12H2,1-5H3/b23-21-. The Hall–Kier alpha value is -2.92. The molecule has 1 N–H and O–H groups in total. The van der Waals surface area contributed by atoms with Crippen molar-refractivity contribution < 1.29 is 19.4 Å². The highest BCUT2D eigenvalue weighted by atomic mass is 16.5. The largest absolute Gasteiger partial charge is 0.507 e. The molecule has 0 aliphatic carbocycles. The fourth-order valence-electron chi connectivity index (χ4n) is 3.73. The number of hydrogen-bond acceptors (Lipinski definition) is 4. The van der Waals surface area contributed by atoms with Crippen LogP contribution in [0.2, 0.25) is 0 Å². The van der Waals surface area contributed by atoms with Crippen LogP contribution in [0, 0.1) is 20.8 Å². The zero-order valence-electron chi connectivity index (χ0n) is 18.2. The van der Waals surface area contributed by atoms with Crippen LogP contribution in [0.1, 0.15) is 47.7 Å². The second-order valence-corrected chi connectivity index (χ2v) is 8.13. The van der Waals surface area contributed by atoms with E-state index in [-0.39, 0.29) is 24.0 Å². The minimum absolute atomic E-state index is 0.0229. The fourth-order valence-corrected chi connectivity index (χ4v) is 3.73. The second kappa shape index (κ2) is 8.84. The van der Waals surface area contributed by atoms with Crippen LogP contribution in [-0.2, 0) is 14.3 Å². The first-order valence-corrected chi connectivity index (χ1v) is 10.2. The number of likely N-dealkylation sites (tertiary alicyclic amines) is 1. The van der Waals surface area contributed by atoms with Gasteiger partial charge >= 0.3 is 0 Å². The van der Waals surface area contributed by atoms with Crippen molar-refractivity contribution in [3.05, 3.63) is 75.9 Å². The van der Waals surface area contributed by atoms with E-state index in [9.17, 15) is 14.7 Å². The van der Waals surface area contributed by atoms with Crippen molar-refractivity contribution in [2.45, 2.75) is 46.8 Å². The number of benzene rings is 2. The zero-order chi connectivity index (χ0) is 22.0. The number of nitrogens with zero attached hydrogens (tertiary/aromatic N) is 1. The molecular weight excluding hydrogens is 378 g/mol. The molecule has 158 valence electrons. The monoisotopic (exact) mass is 407 g/mol. The number of aliphatic hydroxyl groups excluding tert-OH is 1. The normalized spacial score (nSPS) is 18.5. The molecule has 5 heteroatoms. The summed E-state index contributed by atoms with van der Waals surface area (Å²) in [6.07, 6.45) is 0.0229. The summed E-state index contributed by atoms with van der Waals surface area (Å²) < 4.78 is 5.62. The van der Waals surface area contributed by atoms with Gasteiger partial charge in [0.25, 0.3) is 11.7 Å². The van der Waals surface area contributed by atoms with Crippen LogP contribution in [0.5, 0.6) is 0 Å². The van der Waals surface area contributed by atoms with Gasteiger partial charge in [-0.25, -0.2) is 0 Å². The van der Waals surface area contributed by atoms with Crippen molar-refractivity contribution in [2.75, 3.05) is 13.2 Å². The molecule has 1 unspecified atom stereocenters. The van der Waals surface area contributed by atoms with E-state index in [0.29, 0.717) is 12.2 Å². The molecule has 0 spiro atoms. The van der Waals surface area contributed by atoms with E-state index in [2.05, 4.69) is 0 Å². The Morgan fingerprint density at radius 3 is 2.43 bits per heavy atom. The lowest BCUT2D eigenvalue weighted by atomic mass is 9.93. The van der Waals surface area contributed by atoms with Crippen LogP contribution in [0.25, 0.3) is 5.76 Å². The number of carbonyl (C=O) groups excluding carboxylic acids is 2. The lowest BCUT2D eigenvalue weighted by Gasteiger charge is -2.26. The van der Waals surface area contributed by atoms with Crippen molar-refractivity contribution in [3.8, 4) is 0 Å². The molecule has 1 saturated heterocycles. The molecule has 1 aliphatic rings. The van der Waals surface area contributed by atoms with Gasteiger partial charge < -0.3 is 14.7 Å². The van der Waals surface area contributed by atoms with E-state index in [4.69, 9.17) is 4.74 Å². The summed E-state index contributed by atoms with van der Waals surface area (Å²) in [5.41, 5.74) is 4.57. The minimum Gasteiger partial charge on any atom is -0.507 e. The molecule has 30 heavy (non-hydrogen) atoms. The Bertz CT molecular complexity index is 1010. The maximum Gasteiger partial charge on any atom is 0.295 e. The highest BCUT2D eigenvalue weighted by Gasteiger charge is 2.45. The van der Waals surface area contributed by atoms with E-state index in [1.54, 1.807) is 6.07 Å². The van der Waals surface area contributed by atoms with Crippen molar-refractivity contribution in [1.29, 1.82) is 0 Å². The number of ether oxygens (including phenoxy) is 1. The SMILES string of the molecule is Cc1cccc(C2/C(=C(/O)c3ccc(C)c(C)c3)C(=O)C(=O)N2CCOC(C)C)c1. The van der Waals surface area contributed by atoms with E-state index in [1.165, 1.54) is 4.90 Å². The maximum absolute atomic E-state index is 13.0. The van der Waals surface area contributed by atoms with Gasteiger partial charge in [-0.15, -0.1) is 0 Å². The Kier molecular flexibility index (Phi) is 6.42. The number of ketones is 1. The number of hydrogen-bond donors (Lipinski definition) is 1. The van der Waals surface area contributed by atoms with Crippen molar-refractivity contribution in [1.82, 2.24) is 4.90 Å². The molecule has 1 atom stereocenters. The number of amides is 1. The topological polar surface area (TPSA) is 66.8 Å². The van der Waals surface area contributed by atoms with Crippen LogP contribution in [0.4, 0.5) is 0 Å². The van der Waals surface area contributed by atoms with Gasteiger partial charge in [-0.2, -0.15) is 0 Å². The molecule has 2 aromatic carbocycles. The van der Waals surface area contributed by atoms with E-state index in [1.807, 2.05) is 71.0 Å². The van der Waals surface area contributed by atoms with Gasteiger partial charge in [-0.05, 0) is 57.4 Å². The summed E-state index contributed by atoms with van der Waals surface area (Å²) in [7, 11) is 0. The number of carbonyl (C=O) groups is 2. The predicted molar refractivity (Wildman–Crippen MR) is 117 cm³/mol. The fraction of sp³-hybridized carbons (Fsp3) is 0.360. The average Bonchev–Trinajstić information content (AvgIpc) is 2.94. The third-order valence-electron chi connectivity index (χ3n) is 5.46. The Morgan fingerprint density at radius 2 is 1.80 bits per heavy atom. The first-order valence-electron chi connectivity index (χ1n) is 10.2. The van der Waals surface area contributed by atoms with Gasteiger partial charge in [0.15, 0.2) is 0 Å². The third kappa shape index (κ3) is 4.31. The Balaban J connectivity index is 2.12. The Labute approximate surface area is 178 Å². The van der Waals surface area contributed by atoms with E-state index < -0.39 is 17.7 Å². The maximum atomic E-state index is 13.0. The van der Waals surface area contributed by atoms with Gasteiger partial charge in [0.2, 0.25) is 0 Å². The molecule has 3 rings (SSSR count). The van der Waals surface area contributed by atoms with Crippen molar-refractivity contribution in [2.24, 2.45) is 0 Å². The number of aliphatic hydroxyl groups is 1. The van der Waals surface area contributed by atoms with Crippen LogP contribution in [0.3, 0.4) is 0 Å². The molecule has 1 fully saturated rings. The second-order valence-electron chi connectivity index (χ2n) is 8.13.